The first-order chi connectivity index (χ1) is 51.1. The summed E-state index contributed by atoms with van der Waals surface area (Å²) < 4.78 is 0. The van der Waals surface area contributed by atoms with E-state index in [1.165, 1.54) is 26.4 Å². The minimum Gasteiger partial charge on any atom is -0.481 e. The number of rotatable bonds is 16. The lowest BCUT2D eigenvalue weighted by Gasteiger charge is -2.31. The van der Waals surface area contributed by atoms with Gasteiger partial charge in [-0.15, -0.1) is 0 Å². The number of fused-ring (bicyclic) bond motifs is 10. The summed E-state index contributed by atoms with van der Waals surface area (Å²) in [7, 11) is 3.05. The predicted octanol–water partition coefficient (Wildman–Crippen LogP) is -12.3. The molecule has 1 aromatic heterocycles. The minimum absolute atomic E-state index is 0.0266. The van der Waals surface area contributed by atoms with Gasteiger partial charge in [0, 0.05) is 61.0 Å². The van der Waals surface area contributed by atoms with Gasteiger partial charge in [0.05, 0.1) is 45.3 Å². The van der Waals surface area contributed by atoms with Crippen LogP contribution in [0.25, 0.3) is 0 Å². The number of aromatic nitrogens is 2. The van der Waals surface area contributed by atoms with E-state index in [0.29, 0.717) is 0 Å². The Hall–Kier alpha value is -9.62. The van der Waals surface area contributed by atoms with Gasteiger partial charge in [-0.1, -0.05) is 63.4 Å². The van der Waals surface area contributed by atoms with Crippen LogP contribution in [-0.4, -0.2) is 300 Å². The molecular formula is C60H92N22O22S4. The van der Waals surface area contributed by atoms with E-state index in [4.69, 9.17) is 28.7 Å². The van der Waals surface area contributed by atoms with Gasteiger partial charge in [0.15, 0.2) is 0 Å². The summed E-state index contributed by atoms with van der Waals surface area (Å²) in [4.78, 5) is 272. The Labute approximate surface area is 632 Å². The largest absolute Gasteiger partial charge is 0.481 e. The van der Waals surface area contributed by atoms with Crippen LogP contribution in [-0.2, 0) is 97.5 Å². The van der Waals surface area contributed by atoms with Crippen molar-refractivity contribution < 1.29 is 106 Å². The Kier molecular flexibility index (Phi) is 35.8. The number of aromatic amines is 1. The van der Waals surface area contributed by atoms with Crippen molar-refractivity contribution in [3.8, 4) is 0 Å². The van der Waals surface area contributed by atoms with Crippen LogP contribution in [0.15, 0.2) is 12.5 Å². The van der Waals surface area contributed by atoms with E-state index >= 15 is 0 Å². The molecule has 1 aromatic rings. The quantitative estimate of drug-likeness (QED) is 0.0684. The predicted molar refractivity (Wildman–Crippen MR) is 383 cm³/mol. The molecule has 0 saturated carbocycles. The number of primary amides is 3. The number of imidazole rings is 1. The van der Waals surface area contributed by atoms with Gasteiger partial charge in [-0.05, 0) is 38.5 Å². The van der Waals surface area contributed by atoms with Gasteiger partial charge in [0.2, 0.25) is 106 Å². The van der Waals surface area contributed by atoms with Crippen LogP contribution in [0.4, 0.5) is 0 Å². The number of aliphatic hydroxyl groups excluding tert-OH is 2. The van der Waals surface area contributed by atoms with Gasteiger partial charge in [0.25, 0.3) is 0 Å². The molecule has 1 unspecified atom stereocenters. The van der Waals surface area contributed by atoms with Crippen molar-refractivity contribution in [2.24, 2.45) is 34.6 Å². The van der Waals surface area contributed by atoms with Crippen LogP contribution in [0, 0.1) is 5.92 Å². The number of aliphatic hydroxyl groups is 2. The minimum atomic E-state index is -2.06. The molecule has 0 spiro atoms. The highest BCUT2D eigenvalue weighted by Gasteiger charge is 2.44. The number of nitrogens with two attached hydrogens (primary N) is 5. The summed E-state index contributed by atoms with van der Waals surface area (Å²) in [5.74, 6) is -25.1. The number of hydrogen-bond donors (Lipinski definition) is 22. The zero-order valence-electron chi connectivity index (χ0n) is 58.8. The average Bonchev–Trinajstić information content (AvgIpc) is 1.63. The summed E-state index contributed by atoms with van der Waals surface area (Å²) >= 11 is 0. The standard InChI is InChI=1S/C60H92N22O22S4/c1-4-25(2)45-58(102)77-35(46(65)90)20-105-107-23-38-55(99)75-33(18-83)51(95)72-30(11-27-17-66-24-67-27)59(103)81-9-5-7-39(81)56(100)68-26(3)47(91)78-37(22-108-106-21-36(53(97)79-38)69-43(87)16-62)54(98)76-34(19-84)52(96)74-32(15-61)50(94)70-28(12-41(63)85)48(92)73-31(13-42(64)86)60(104)82-10-6-8-40(82)57(101)71-29(14-44(88)89)49(93)80-45/h17,24-26,28-40,45,83-84H,4-16,18-23,61-62H2,1-3H3,(H2,63,85)(H2,64,86)(H2,65,90)(H,66,67)(H,68,100)(H,69,87)(H,70,94)(H,71,101)(H,72,95)(H,73,92)(H,74,96)(H,75,99)(H,76,98)(H,77,102)(H,78,91)(H,79,97)(H,80,93)(H,88,89)/t25-,26-,28-,29-,30-,31-,32?,33-,34-,35-,36-,37-,38-,39-,40-,45-/m0/s1. The molecule has 4 fully saturated rings. The number of amides is 18. The Balaban J connectivity index is 1.63. The molecule has 4 aliphatic rings. The first-order valence-electron chi connectivity index (χ1n) is 33.9. The third-order valence-corrected chi connectivity index (χ3v) is 22.1. The first kappa shape index (κ1) is 89.0. The molecule has 2 bridgehead atoms. The molecule has 44 nitrogen and oxygen atoms in total. The maximum atomic E-state index is 14.7. The molecule has 5 heterocycles. The van der Waals surface area contributed by atoms with Crippen LogP contribution < -0.4 is 97.8 Å². The molecule has 48 heteroatoms. The van der Waals surface area contributed by atoms with E-state index in [1.807, 2.05) is 0 Å². The van der Waals surface area contributed by atoms with E-state index in [1.54, 1.807) is 6.92 Å². The highest BCUT2D eigenvalue weighted by Crippen LogP contribution is 2.27. The smallest absolute Gasteiger partial charge is 0.305 e. The van der Waals surface area contributed by atoms with Crippen LogP contribution >= 0.6 is 43.2 Å². The van der Waals surface area contributed by atoms with E-state index in [9.17, 15) is 106 Å². The fraction of sp³-hybridized carbons (Fsp3) is 0.633. The third kappa shape index (κ3) is 26.7. The molecule has 0 aliphatic carbocycles. The monoisotopic (exact) mass is 1600 g/mol. The van der Waals surface area contributed by atoms with Gasteiger partial charge in [-0.2, -0.15) is 0 Å². The Morgan fingerprint density at radius 2 is 0.991 bits per heavy atom. The second-order valence-corrected chi connectivity index (χ2v) is 30.4. The normalized spacial score (nSPS) is 28.7. The van der Waals surface area contributed by atoms with Crippen molar-refractivity contribution in [1.29, 1.82) is 0 Å². The molecule has 5 rings (SSSR count). The lowest BCUT2D eigenvalue weighted by atomic mass is 9.97. The van der Waals surface area contributed by atoms with Crippen molar-refractivity contribution >= 4 is 155 Å². The number of carbonyl (C=O) groups is 19. The van der Waals surface area contributed by atoms with Crippen LogP contribution in [0.3, 0.4) is 0 Å². The molecule has 0 aromatic carbocycles. The number of H-pyrrole nitrogens is 1. The molecule has 4 saturated heterocycles. The van der Waals surface area contributed by atoms with E-state index in [-0.39, 0.29) is 57.3 Å². The van der Waals surface area contributed by atoms with Crippen LogP contribution in [0.2, 0.25) is 0 Å². The lowest BCUT2D eigenvalue weighted by molar-refractivity contribution is -0.145. The van der Waals surface area contributed by atoms with Crippen molar-refractivity contribution in [3.05, 3.63) is 18.2 Å². The molecule has 108 heavy (non-hydrogen) atoms. The molecule has 16 atom stereocenters. The molecule has 4 aliphatic heterocycles. The van der Waals surface area contributed by atoms with Gasteiger partial charge < -0.3 is 128 Å². The molecule has 18 amide bonds. The van der Waals surface area contributed by atoms with Crippen molar-refractivity contribution in [3.63, 3.8) is 0 Å². The highest BCUT2D eigenvalue weighted by molar-refractivity contribution is 8.77. The summed E-state index contributed by atoms with van der Waals surface area (Å²) in [5.41, 5.74) is 28.5. The zero-order valence-corrected chi connectivity index (χ0v) is 62.1. The van der Waals surface area contributed by atoms with Crippen molar-refractivity contribution in [2.45, 2.75) is 169 Å². The summed E-state index contributed by atoms with van der Waals surface area (Å²) in [6, 6.07) is -26.2. The summed E-state index contributed by atoms with van der Waals surface area (Å²) in [6.07, 6.45) is -0.599. The second kappa shape index (κ2) is 43.4. The van der Waals surface area contributed by atoms with Gasteiger partial charge in [0.1, 0.15) is 90.6 Å². The van der Waals surface area contributed by atoms with Crippen molar-refractivity contribution in [1.82, 2.24) is 88.9 Å². The average molecular weight is 1600 g/mol. The second-order valence-electron chi connectivity index (χ2n) is 25.3. The number of aliphatic carboxylic acids is 1. The number of nitrogens with one attached hydrogen (secondary N) is 14. The number of carboxylic acids is 1. The van der Waals surface area contributed by atoms with Gasteiger partial charge in [-0.25, -0.2) is 4.98 Å². The summed E-state index contributed by atoms with van der Waals surface area (Å²) in [5, 5.41) is 61.8. The molecular weight excluding hydrogens is 1510 g/mol. The van der Waals surface area contributed by atoms with Crippen LogP contribution in [0.5, 0.6) is 0 Å². The molecule has 27 N–H and O–H groups in total. The van der Waals surface area contributed by atoms with E-state index < -0.39 is 277 Å². The lowest BCUT2D eigenvalue weighted by Crippen LogP contribution is -2.62. The fourth-order valence-corrected chi connectivity index (χ4v) is 15.8. The molecule has 598 valence electrons. The number of carbonyl (C=O) groups excluding carboxylic acids is 18. The van der Waals surface area contributed by atoms with E-state index in [2.05, 4.69) is 79.1 Å². The SMILES string of the molecule is CC[C@H](C)[C@@H]1NC(=O)[C@H](CC(=O)O)NC(=O)[C@@H]2CCCN2C(=O)[C@H](CC(N)=O)NC(=O)[C@H](CC(N)=O)NC(=O)C(CN)NC(=O)[C@H](CO)NC(=O)[C@@H]2CSSC[C@H](NC(=O)CN)C(=O)N[C@@H](CSSC[C@@H](C(N)=O)NC1=O)C(=O)N[C@@H](CO)C(=O)N[C@@H](Cc1cnc[nH]1)C(=O)N1CCC[C@H]1C(=O)N[C@@H](C)C(=O)N2. The fourth-order valence-electron chi connectivity index (χ4n) is 11.2. The zero-order chi connectivity index (χ0) is 80.2. The number of carboxylic acid groups (broad SMARTS) is 1. The third-order valence-electron chi connectivity index (χ3n) is 17.3. The van der Waals surface area contributed by atoms with Gasteiger partial charge >= 0.3 is 5.97 Å². The Morgan fingerprint density at radius 3 is 1.50 bits per heavy atom. The first-order valence-corrected chi connectivity index (χ1v) is 38.8. The Morgan fingerprint density at radius 1 is 0.537 bits per heavy atom. The summed E-state index contributed by atoms with van der Waals surface area (Å²) in [6.45, 7) is 0.0835. The van der Waals surface area contributed by atoms with E-state index in [0.717, 1.165) is 53.0 Å². The Bertz CT molecular complexity index is 3500. The maximum Gasteiger partial charge on any atom is 0.305 e. The number of hydrogen-bond acceptors (Lipinski definition) is 28. The number of nitrogens with zero attached hydrogens (tertiary/aromatic N) is 3. The highest BCUT2D eigenvalue weighted by atomic mass is 33.1. The van der Waals surface area contributed by atoms with Crippen molar-refractivity contribution in [2.75, 3.05) is 62.4 Å². The van der Waals surface area contributed by atoms with Crippen LogP contribution in [0.1, 0.15) is 77.8 Å². The topological polar surface area (TPSA) is 707 Å². The maximum absolute atomic E-state index is 14.7. The van der Waals surface area contributed by atoms with Gasteiger partial charge in [-0.3, -0.25) is 91.1 Å². The molecule has 0 radical (unpaired) electrons.